The summed E-state index contributed by atoms with van der Waals surface area (Å²) in [6.07, 6.45) is 6.75. The normalized spacial score (nSPS) is 12.2. The van der Waals surface area contributed by atoms with Gasteiger partial charge in [-0.15, -0.1) is 6.42 Å². The highest BCUT2D eigenvalue weighted by atomic mass is 31.2. The van der Waals surface area contributed by atoms with E-state index in [4.69, 9.17) is 15.5 Å². The van der Waals surface area contributed by atoms with Gasteiger partial charge in [0.2, 0.25) is 0 Å². The van der Waals surface area contributed by atoms with E-state index in [9.17, 15) is 14.2 Å². The lowest BCUT2D eigenvalue weighted by molar-refractivity contribution is 0.0939. The Morgan fingerprint density at radius 2 is 1.92 bits per heavy atom. The molecule has 0 saturated heterocycles. The molecule has 0 aliphatic heterocycles. The van der Waals surface area contributed by atoms with Gasteiger partial charge in [0, 0.05) is 32.0 Å². The van der Waals surface area contributed by atoms with Crippen molar-refractivity contribution < 1.29 is 18.4 Å². The standard InChI is InChI=1S/C26H31N4O5P/c1-6-8-24(36(33,34-4)35-5)29-25(31)20-10-12-21(13-11-20)30(15-7-2)17-19-9-14-23-22(16-19)26(32)28-18(3)27-23/h2,9-14,16,24H,6,8,15,17H2,1,3-5H3,(H,29,31)(H,27,28,32). The van der Waals surface area contributed by atoms with Crippen LogP contribution in [0.4, 0.5) is 5.69 Å². The SMILES string of the molecule is C#CCN(Cc1ccc2nc(C)[nH]c(=O)c2c1)c1ccc(C(=O)NC(CCC)P(=O)(OC)OC)cc1. The first-order valence-corrected chi connectivity index (χ1v) is 13.2. The van der Waals surface area contributed by atoms with Gasteiger partial charge in [-0.1, -0.05) is 25.3 Å². The molecule has 0 aliphatic carbocycles. The second-order valence-electron chi connectivity index (χ2n) is 8.29. The van der Waals surface area contributed by atoms with E-state index in [0.29, 0.717) is 48.2 Å². The molecule has 3 aromatic rings. The van der Waals surface area contributed by atoms with E-state index in [1.54, 1.807) is 31.2 Å². The highest BCUT2D eigenvalue weighted by molar-refractivity contribution is 7.54. The summed E-state index contributed by atoms with van der Waals surface area (Å²) in [4.78, 5) is 34.2. The quantitative estimate of drug-likeness (QED) is 0.293. The molecule has 1 aromatic heterocycles. The smallest absolute Gasteiger partial charge is 0.352 e. The molecule has 2 aromatic carbocycles. The number of nitrogens with one attached hydrogen (secondary N) is 2. The number of anilines is 1. The highest BCUT2D eigenvalue weighted by Gasteiger charge is 2.34. The maximum Gasteiger partial charge on any atom is 0.352 e. The monoisotopic (exact) mass is 510 g/mol. The largest absolute Gasteiger partial charge is 0.356 e. The summed E-state index contributed by atoms with van der Waals surface area (Å²) in [5.74, 6) is 2.09. The number of aromatic amines is 1. The average molecular weight is 511 g/mol. The number of hydrogen-bond donors (Lipinski definition) is 2. The van der Waals surface area contributed by atoms with E-state index >= 15 is 0 Å². The van der Waals surface area contributed by atoms with Crippen LogP contribution in [0.15, 0.2) is 47.3 Å². The van der Waals surface area contributed by atoms with Crippen molar-refractivity contribution >= 4 is 30.1 Å². The predicted molar refractivity (Wildman–Crippen MR) is 141 cm³/mol. The molecule has 0 bridgehead atoms. The van der Waals surface area contributed by atoms with Crippen LogP contribution in [0.5, 0.6) is 0 Å². The molecule has 0 spiro atoms. The van der Waals surface area contributed by atoms with Crippen molar-refractivity contribution in [2.24, 2.45) is 0 Å². The third-order valence-corrected chi connectivity index (χ3v) is 7.96. The third-order valence-electron chi connectivity index (χ3n) is 5.79. The molecular formula is C26H31N4O5P. The molecule has 2 N–H and O–H groups in total. The van der Waals surface area contributed by atoms with Crippen LogP contribution < -0.4 is 15.8 Å². The van der Waals surface area contributed by atoms with Crippen molar-refractivity contribution in [3.8, 4) is 12.3 Å². The molecular weight excluding hydrogens is 479 g/mol. The number of aromatic nitrogens is 2. The summed E-state index contributed by atoms with van der Waals surface area (Å²) in [5, 5.41) is 3.29. The molecule has 9 nitrogen and oxygen atoms in total. The Hall–Kier alpha value is -3.44. The lowest BCUT2D eigenvalue weighted by atomic mass is 10.1. The average Bonchev–Trinajstić information content (AvgIpc) is 2.88. The summed E-state index contributed by atoms with van der Waals surface area (Å²) >= 11 is 0. The van der Waals surface area contributed by atoms with Gasteiger partial charge in [0.1, 0.15) is 11.6 Å². The number of hydrogen-bond acceptors (Lipinski definition) is 7. The first-order chi connectivity index (χ1) is 17.2. The summed E-state index contributed by atoms with van der Waals surface area (Å²) in [6, 6.07) is 12.5. The predicted octanol–water partition coefficient (Wildman–Crippen LogP) is 4.21. The fourth-order valence-electron chi connectivity index (χ4n) is 3.94. The second kappa shape index (κ2) is 12.0. The van der Waals surface area contributed by atoms with E-state index in [1.165, 1.54) is 14.2 Å². The van der Waals surface area contributed by atoms with Crippen molar-refractivity contribution in [1.29, 1.82) is 0 Å². The summed E-state index contributed by atoms with van der Waals surface area (Å²) < 4.78 is 23.0. The number of amides is 1. The van der Waals surface area contributed by atoms with Gasteiger partial charge in [0.05, 0.1) is 17.4 Å². The Bertz CT molecular complexity index is 1360. The summed E-state index contributed by atoms with van der Waals surface area (Å²) in [7, 11) is -0.865. The number of benzene rings is 2. The lowest BCUT2D eigenvalue weighted by Crippen LogP contribution is -2.35. The Kier molecular flexibility index (Phi) is 9.05. The van der Waals surface area contributed by atoms with Gasteiger partial charge in [0.15, 0.2) is 0 Å². The number of aryl methyl sites for hydroxylation is 1. The Labute approximate surface area is 210 Å². The number of H-pyrrole nitrogens is 1. The minimum absolute atomic E-state index is 0.189. The van der Waals surface area contributed by atoms with Gasteiger partial charge >= 0.3 is 7.60 Å². The van der Waals surface area contributed by atoms with Crippen LogP contribution in [0.2, 0.25) is 0 Å². The van der Waals surface area contributed by atoms with Crippen LogP contribution in [0.1, 0.15) is 41.5 Å². The van der Waals surface area contributed by atoms with Crippen molar-refractivity contribution in [1.82, 2.24) is 15.3 Å². The van der Waals surface area contributed by atoms with Crippen LogP contribution in [0, 0.1) is 19.3 Å². The number of carbonyl (C=O) groups excluding carboxylic acids is 1. The fraction of sp³-hybridized carbons (Fsp3) is 0.346. The van der Waals surface area contributed by atoms with Gasteiger partial charge in [-0.3, -0.25) is 14.2 Å². The Morgan fingerprint density at radius 3 is 2.53 bits per heavy atom. The number of carbonyl (C=O) groups is 1. The number of nitrogens with zero attached hydrogens (tertiary/aromatic N) is 2. The molecule has 3 rings (SSSR count). The van der Waals surface area contributed by atoms with E-state index in [0.717, 1.165) is 11.3 Å². The lowest BCUT2D eigenvalue weighted by Gasteiger charge is -2.25. The van der Waals surface area contributed by atoms with Crippen LogP contribution in [0.25, 0.3) is 10.9 Å². The third kappa shape index (κ3) is 6.21. The number of fused-ring (bicyclic) bond motifs is 1. The first-order valence-electron chi connectivity index (χ1n) is 11.5. The number of rotatable bonds is 11. The van der Waals surface area contributed by atoms with Gasteiger partial charge in [-0.25, -0.2) is 4.98 Å². The van der Waals surface area contributed by atoms with E-state index in [-0.39, 0.29) is 11.5 Å². The van der Waals surface area contributed by atoms with E-state index < -0.39 is 13.4 Å². The topological polar surface area (TPSA) is 114 Å². The zero-order valence-electron chi connectivity index (χ0n) is 20.9. The minimum atomic E-state index is -3.47. The first kappa shape index (κ1) is 27.2. The summed E-state index contributed by atoms with van der Waals surface area (Å²) in [5.41, 5.74) is 2.55. The molecule has 0 aliphatic rings. The fourth-order valence-corrected chi connectivity index (χ4v) is 5.45. The van der Waals surface area contributed by atoms with Crippen LogP contribution >= 0.6 is 7.60 Å². The zero-order chi connectivity index (χ0) is 26.3. The maximum atomic E-state index is 12.9. The molecule has 0 fully saturated rings. The molecule has 1 amide bonds. The molecule has 36 heavy (non-hydrogen) atoms. The van der Waals surface area contributed by atoms with Crippen LogP contribution in [0.3, 0.4) is 0 Å². The maximum absolute atomic E-state index is 12.9. The van der Waals surface area contributed by atoms with Gasteiger partial charge in [-0.05, 0) is 55.3 Å². The number of terminal acetylenes is 1. The molecule has 1 atom stereocenters. The van der Waals surface area contributed by atoms with Gasteiger partial charge < -0.3 is 24.2 Å². The zero-order valence-corrected chi connectivity index (χ0v) is 21.8. The van der Waals surface area contributed by atoms with Crippen molar-refractivity contribution in [2.45, 2.75) is 39.0 Å². The summed E-state index contributed by atoms with van der Waals surface area (Å²) in [6.45, 7) is 4.45. The van der Waals surface area contributed by atoms with E-state index in [2.05, 4.69) is 21.2 Å². The van der Waals surface area contributed by atoms with Crippen molar-refractivity contribution in [3.05, 3.63) is 69.8 Å². The molecule has 1 heterocycles. The molecule has 0 saturated carbocycles. The van der Waals surface area contributed by atoms with Crippen molar-refractivity contribution in [2.75, 3.05) is 25.7 Å². The van der Waals surface area contributed by atoms with Crippen LogP contribution in [-0.4, -0.2) is 42.4 Å². The highest BCUT2D eigenvalue weighted by Crippen LogP contribution is 2.52. The minimum Gasteiger partial charge on any atom is -0.356 e. The van der Waals surface area contributed by atoms with Crippen molar-refractivity contribution in [3.63, 3.8) is 0 Å². The Morgan fingerprint density at radius 1 is 1.22 bits per heavy atom. The van der Waals surface area contributed by atoms with E-state index in [1.807, 2.05) is 30.0 Å². The Balaban J connectivity index is 1.80. The second-order valence-corrected chi connectivity index (χ2v) is 10.7. The molecule has 10 heteroatoms. The van der Waals surface area contributed by atoms with Crippen LogP contribution in [-0.2, 0) is 20.2 Å². The molecule has 190 valence electrons. The van der Waals surface area contributed by atoms with Gasteiger partial charge in [-0.2, -0.15) is 0 Å². The molecule has 1 unspecified atom stereocenters. The molecule has 0 radical (unpaired) electrons. The van der Waals surface area contributed by atoms with Gasteiger partial charge in [0.25, 0.3) is 11.5 Å².